The molecule has 356 valence electrons. The van der Waals surface area contributed by atoms with E-state index in [0.717, 1.165) is 41.5 Å². The highest BCUT2D eigenvalue weighted by Gasteiger charge is 2.29. The summed E-state index contributed by atoms with van der Waals surface area (Å²) in [5, 5.41) is 5.82. The Morgan fingerprint density at radius 1 is 0.731 bits per heavy atom. The molecule has 10 nitrogen and oxygen atoms in total. The van der Waals surface area contributed by atoms with E-state index >= 15 is 0 Å². The second-order valence-corrected chi connectivity index (χ2v) is 18.2. The Morgan fingerprint density at radius 2 is 1.37 bits per heavy atom. The summed E-state index contributed by atoms with van der Waals surface area (Å²) in [4.78, 5) is 42.6. The molecule has 2 atom stereocenters. The number of rotatable bonds is 20. The van der Waals surface area contributed by atoms with Crippen LogP contribution in [-0.2, 0) is 19.8 Å². The lowest BCUT2D eigenvalue weighted by atomic mass is 9.71. The number of aromatic nitrogens is 3. The van der Waals surface area contributed by atoms with E-state index in [1.807, 2.05) is 45.9 Å². The average molecular weight is 907 g/mol. The van der Waals surface area contributed by atoms with Crippen LogP contribution in [0.15, 0.2) is 152 Å². The predicted molar refractivity (Wildman–Crippen MR) is 276 cm³/mol. The maximum Gasteiger partial charge on any atom is 0.257 e. The van der Waals surface area contributed by atoms with E-state index in [1.54, 1.807) is 55.1 Å². The maximum absolute atomic E-state index is 13.0. The molecule has 2 aromatic carbocycles. The predicted octanol–water partition coefficient (Wildman–Crippen LogP) is 13.2. The summed E-state index contributed by atoms with van der Waals surface area (Å²) in [5.74, 6) is 1.01. The summed E-state index contributed by atoms with van der Waals surface area (Å²) >= 11 is 0. The first kappa shape index (κ1) is 54.7. The Kier molecular flexibility index (Phi) is 23.1. The molecule has 0 fully saturated rings. The molecule has 10 heteroatoms. The van der Waals surface area contributed by atoms with Crippen LogP contribution in [0.2, 0.25) is 0 Å². The zero-order chi connectivity index (χ0) is 49.2. The summed E-state index contributed by atoms with van der Waals surface area (Å²) in [6.07, 6.45) is 16.5. The van der Waals surface area contributed by atoms with Crippen molar-refractivity contribution < 1.29 is 19.1 Å². The molecular weight excluding hydrogens is 833 g/mol. The zero-order valence-electron chi connectivity index (χ0n) is 41.6. The first-order chi connectivity index (χ1) is 32.1. The number of pyridine rings is 3. The number of carbonyl (C=O) groups is 2. The van der Waals surface area contributed by atoms with Crippen molar-refractivity contribution in [1.29, 1.82) is 0 Å². The number of benzene rings is 2. The van der Waals surface area contributed by atoms with Gasteiger partial charge in [0.05, 0.1) is 5.56 Å². The van der Waals surface area contributed by atoms with Crippen molar-refractivity contribution in [2.45, 2.75) is 120 Å². The average Bonchev–Trinajstić information content (AvgIpc) is 3.33. The van der Waals surface area contributed by atoms with Crippen molar-refractivity contribution in [3.8, 4) is 11.8 Å². The van der Waals surface area contributed by atoms with Gasteiger partial charge in [-0.3, -0.25) is 19.6 Å². The standard InChI is InChI=1S/C52H62N6O4.C3H6.C2H6/c1-9-37(30-53-10-2)32-57-48(59)44-24-26-47(56-34-44)61-35-38-15-19-41(20-16-38)43(29-51(3,4)5)23-25-46(52(6,7)8)42-21-17-39(18-22-42)36-62-50-45(14-12-28-55-50)49(60)58-33-40-13-11-27-54-31-40;1-3-2;1-2/h9-22,24,26-28,30-31,34,43,46H,2,23,25,29,32-33,35-36H2,1,3-8H3,(H,57,59)(H,58,60);3H,1H2,2H3;1-2H3/b37-9+,53-30?;;. The van der Waals surface area contributed by atoms with Crippen LogP contribution in [-0.4, -0.2) is 39.5 Å². The van der Waals surface area contributed by atoms with E-state index in [-0.39, 0.29) is 22.6 Å². The second-order valence-electron chi connectivity index (χ2n) is 18.2. The molecule has 0 aliphatic heterocycles. The molecule has 0 spiro atoms. The highest BCUT2D eigenvalue weighted by molar-refractivity contribution is 5.96. The van der Waals surface area contributed by atoms with E-state index in [0.29, 0.717) is 61.0 Å². The number of allylic oxidation sites excluding steroid dienone is 2. The number of hydrogen-bond acceptors (Lipinski definition) is 8. The molecule has 0 saturated carbocycles. The third-order valence-electron chi connectivity index (χ3n) is 10.7. The number of hydrogen-bond donors (Lipinski definition) is 2. The van der Waals surface area contributed by atoms with Gasteiger partial charge in [-0.2, -0.15) is 0 Å². The summed E-state index contributed by atoms with van der Waals surface area (Å²) in [5.41, 5.74) is 7.52. The van der Waals surface area contributed by atoms with E-state index in [2.05, 4.69) is 134 Å². The van der Waals surface area contributed by atoms with Crippen molar-refractivity contribution in [2.75, 3.05) is 6.54 Å². The Balaban J connectivity index is 0.00000229. The molecule has 67 heavy (non-hydrogen) atoms. The smallest absolute Gasteiger partial charge is 0.257 e. The minimum absolute atomic E-state index is 0.0457. The van der Waals surface area contributed by atoms with Gasteiger partial charge in [-0.1, -0.05) is 129 Å². The van der Waals surface area contributed by atoms with Crippen LogP contribution in [0.1, 0.15) is 149 Å². The lowest BCUT2D eigenvalue weighted by Gasteiger charge is -2.34. The zero-order valence-corrected chi connectivity index (χ0v) is 41.6. The van der Waals surface area contributed by atoms with Crippen LogP contribution >= 0.6 is 0 Å². The molecule has 5 rings (SSSR count). The lowest BCUT2D eigenvalue weighted by Crippen LogP contribution is -2.26. The molecule has 0 bridgehead atoms. The third-order valence-corrected chi connectivity index (χ3v) is 10.7. The van der Waals surface area contributed by atoms with Crippen LogP contribution in [0.5, 0.6) is 11.8 Å². The monoisotopic (exact) mass is 907 g/mol. The Labute approximate surface area is 401 Å². The van der Waals surface area contributed by atoms with Crippen LogP contribution in [0.4, 0.5) is 0 Å². The normalized spacial score (nSPS) is 12.3. The van der Waals surface area contributed by atoms with Crippen LogP contribution < -0.4 is 20.1 Å². The van der Waals surface area contributed by atoms with E-state index < -0.39 is 0 Å². The fraction of sp³-hybridized carbons (Fsp3) is 0.368. The summed E-state index contributed by atoms with van der Waals surface area (Å²) in [6.45, 7) is 30.0. The first-order valence-electron chi connectivity index (χ1n) is 23.3. The highest BCUT2D eigenvalue weighted by Crippen LogP contribution is 2.43. The molecule has 3 heterocycles. The molecular formula is C57H74N6O4. The maximum atomic E-state index is 13.0. The summed E-state index contributed by atoms with van der Waals surface area (Å²) < 4.78 is 12.1. The summed E-state index contributed by atoms with van der Waals surface area (Å²) in [7, 11) is 0. The number of aliphatic imine (C=N–C) groups is 1. The molecule has 0 aliphatic rings. The minimum atomic E-state index is -0.249. The van der Waals surface area contributed by atoms with Gasteiger partial charge in [0.25, 0.3) is 11.8 Å². The molecule has 0 saturated heterocycles. The number of nitrogens with one attached hydrogen (secondary N) is 2. The number of carbonyl (C=O) groups excluding carboxylic acids is 2. The van der Waals surface area contributed by atoms with Gasteiger partial charge < -0.3 is 20.1 Å². The van der Waals surface area contributed by atoms with Crippen molar-refractivity contribution in [2.24, 2.45) is 15.8 Å². The lowest BCUT2D eigenvalue weighted by molar-refractivity contribution is 0.0941. The van der Waals surface area contributed by atoms with Crippen LogP contribution in [0.3, 0.4) is 0 Å². The van der Waals surface area contributed by atoms with Crippen molar-refractivity contribution in [3.63, 3.8) is 0 Å². The SMILES string of the molecule is C=CC.C=CN=C/C(=C\C)CNC(=O)c1ccc(OCc2ccc(C(CCC(c3ccc(COc4ncccc4C(=O)NCc4cccnc4)cc3)C(C)(C)C)CC(C)(C)C)cc2)nc1.CC. The Hall–Kier alpha value is -6.68. The Morgan fingerprint density at radius 3 is 1.94 bits per heavy atom. The molecule has 2 N–H and O–H groups in total. The molecule has 5 aromatic rings. The van der Waals surface area contributed by atoms with Crippen LogP contribution in [0.25, 0.3) is 0 Å². The van der Waals surface area contributed by atoms with E-state index in [4.69, 9.17) is 9.47 Å². The van der Waals surface area contributed by atoms with Gasteiger partial charge in [0.2, 0.25) is 11.8 Å². The van der Waals surface area contributed by atoms with Crippen molar-refractivity contribution in [3.05, 3.63) is 186 Å². The fourth-order valence-corrected chi connectivity index (χ4v) is 7.35. The van der Waals surface area contributed by atoms with Gasteiger partial charge in [0.15, 0.2) is 0 Å². The van der Waals surface area contributed by atoms with Gasteiger partial charge in [-0.25, -0.2) is 9.97 Å². The Bertz CT molecular complexity index is 2310. The van der Waals surface area contributed by atoms with E-state index in [9.17, 15) is 9.59 Å². The van der Waals surface area contributed by atoms with E-state index in [1.165, 1.54) is 23.5 Å². The van der Waals surface area contributed by atoms with Gasteiger partial charge >= 0.3 is 0 Å². The quantitative estimate of drug-likeness (QED) is 0.0588. The van der Waals surface area contributed by atoms with Gasteiger partial charge in [0.1, 0.15) is 18.8 Å². The van der Waals surface area contributed by atoms with Gasteiger partial charge in [-0.15, -0.1) is 6.58 Å². The molecule has 2 unspecified atom stereocenters. The third kappa shape index (κ3) is 19.4. The molecule has 2 amide bonds. The van der Waals surface area contributed by atoms with Crippen molar-refractivity contribution >= 4 is 18.0 Å². The number of ether oxygens (including phenoxy) is 2. The topological polar surface area (TPSA) is 128 Å². The molecule has 0 radical (unpaired) electrons. The molecule has 0 aliphatic carbocycles. The summed E-state index contributed by atoms with van der Waals surface area (Å²) in [6, 6.07) is 28.1. The van der Waals surface area contributed by atoms with Crippen molar-refractivity contribution in [1.82, 2.24) is 25.6 Å². The van der Waals surface area contributed by atoms with Crippen LogP contribution in [0, 0.1) is 10.8 Å². The second kappa shape index (κ2) is 28.4. The van der Waals surface area contributed by atoms with Gasteiger partial charge in [0, 0.05) is 56.4 Å². The van der Waals surface area contributed by atoms with Gasteiger partial charge in [-0.05, 0) is 113 Å². The number of nitrogens with zero attached hydrogens (tertiary/aromatic N) is 4. The number of amides is 2. The minimum Gasteiger partial charge on any atom is -0.473 e. The first-order valence-corrected chi connectivity index (χ1v) is 23.3. The fourth-order valence-electron chi connectivity index (χ4n) is 7.35. The largest absolute Gasteiger partial charge is 0.473 e. The molecule has 3 aromatic heterocycles. The highest BCUT2D eigenvalue weighted by atomic mass is 16.5.